The minimum Gasteiger partial charge on any atom is -0.481 e. The van der Waals surface area contributed by atoms with Crippen LogP contribution in [0.1, 0.15) is 12.8 Å². The van der Waals surface area contributed by atoms with Gasteiger partial charge in [0.05, 0.1) is 5.92 Å². The normalized spacial score (nSPS) is 32.2. The number of carboxylic acids is 1. The molecule has 0 saturated carbocycles. The Hall–Kier alpha value is -0.220. The van der Waals surface area contributed by atoms with E-state index < -0.39 is 5.97 Å². The van der Waals surface area contributed by atoms with Gasteiger partial charge in [-0.1, -0.05) is 0 Å². The van der Waals surface area contributed by atoms with Crippen LogP contribution in [-0.2, 0) is 4.79 Å². The van der Waals surface area contributed by atoms with Crippen LogP contribution in [0.4, 0.5) is 0 Å². The van der Waals surface area contributed by atoms with Crippen LogP contribution in [0.5, 0.6) is 0 Å². The highest BCUT2D eigenvalue weighted by Gasteiger charge is 2.47. The number of hydrogen-bond donors (Lipinski definition) is 2. The maximum atomic E-state index is 11.0. The van der Waals surface area contributed by atoms with Gasteiger partial charge in [-0.25, -0.2) is 0 Å². The zero-order valence-electron chi connectivity index (χ0n) is 7.58. The molecule has 0 aliphatic carbocycles. The Morgan fingerprint density at radius 3 is 2.77 bits per heavy atom. The van der Waals surface area contributed by atoms with Crippen LogP contribution in [0.3, 0.4) is 0 Å². The lowest BCUT2D eigenvalue weighted by Crippen LogP contribution is -2.38. The zero-order valence-corrected chi connectivity index (χ0v) is 8.40. The first-order chi connectivity index (χ1) is 6.25. The summed E-state index contributed by atoms with van der Waals surface area (Å²) in [5.74, 6) is 1.50. The minimum absolute atomic E-state index is 0.0804. The summed E-state index contributed by atoms with van der Waals surface area (Å²) in [5.41, 5.74) is 0.0804. The number of aliphatic carboxylic acids is 1. The fourth-order valence-electron chi connectivity index (χ4n) is 2.46. The second-order valence-electron chi connectivity index (χ2n) is 4.00. The van der Waals surface area contributed by atoms with E-state index in [0.717, 1.165) is 30.9 Å². The largest absolute Gasteiger partial charge is 0.481 e. The van der Waals surface area contributed by atoms with Crippen LogP contribution < -0.4 is 5.32 Å². The van der Waals surface area contributed by atoms with Gasteiger partial charge < -0.3 is 10.4 Å². The first-order valence-corrected chi connectivity index (χ1v) is 5.91. The predicted octanol–water partition coefficient (Wildman–Crippen LogP) is 0.804. The third-order valence-electron chi connectivity index (χ3n) is 3.35. The van der Waals surface area contributed by atoms with Gasteiger partial charge in [0.2, 0.25) is 0 Å². The molecule has 13 heavy (non-hydrogen) atoms. The molecule has 2 rings (SSSR count). The third kappa shape index (κ3) is 1.57. The molecule has 0 aromatic heterocycles. The van der Waals surface area contributed by atoms with E-state index in [1.165, 1.54) is 0 Å². The standard InChI is InChI=1S/C9H15NO2S/c11-8(12)7-5-10-6-9(7)1-3-13-4-2-9/h7,10H,1-6H2,(H,11,12). The van der Waals surface area contributed by atoms with Crippen molar-refractivity contribution in [2.24, 2.45) is 11.3 Å². The summed E-state index contributed by atoms with van der Waals surface area (Å²) >= 11 is 1.95. The SMILES string of the molecule is O=C(O)C1CNCC12CCSCC2. The molecule has 74 valence electrons. The lowest BCUT2D eigenvalue weighted by molar-refractivity contribution is -0.144. The van der Waals surface area contributed by atoms with Crippen molar-refractivity contribution in [1.29, 1.82) is 0 Å². The highest BCUT2D eigenvalue weighted by atomic mass is 32.2. The quantitative estimate of drug-likeness (QED) is 0.659. The highest BCUT2D eigenvalue weighted by Crippen LogP contribution is 2.43. The van der Waals surface area contributed by atoms with Crippen LogP contribution >= 0.6 is 11.8 Å². The Bertz CT molecular complexity index is 214. The molecule has 0 bridgehead atoms. The van der Waals surface area contributed by atoms with Crippen molar-refractivity contribution in [2.75, 3.05) is 24.6 Å². The Labute approximate surface area is 82.3 Å². The smallest absolute Gasteiger partial charge is 0.308 e. The van der Waals surface area contributed by atoms with Crippen LogP contribution in [0.2, 0.25) is 0 Å². The molecule has 2 fully saturated rings. The summed E-state index contributed by atoms with van der Waals surface area (Å²) in [6, 6.07) is 0. The van der Waals surface area contributed by atoms with Gasteiger partial charge in [0, 0.05) is 13.1 Å². The maximum Gasteiger partial charge on any atom is 0.308 e. The van der Waals surface area contributed by atoms with E-state index in [4.69, 9.17) is 5.11 Å². The Morgan fingerprint density at radius 2 is 2.15 bits per heavy atom. The van der Waals surface area contributed by atoms with Gasteiger partial charge in [0.1, 0.15) is 0 Å². The third-order valence-corrected chi connectivity index (χ3v) is 4.34. The summed E-state index contributed by atoms with van der Waals surface area (Å²) in [7, 11) is 0. The summed E-state index contributed by atoms with van der Waals surface area (Å²) in [6.45, 7) is 1.57. The maximum absolute atomic E-state index is 11.0. The Kier molecular flexibility index (Phi) is 2.51. The van der Waals surface area contributed by atoms with Crippen LogP contribution in [0.15, 0.2) is 0 Å². The van der Waals surface area contributed by atoms with Crippen molar-refractivity contribution >= 4 is 17.7 Å². The Balaban J connectivity index is 2.13. The van der Waals surface area contributed by atoms with E-state index in [1.807, 2.05) is 11.8 Å². The molecule has 1 unspecified atom stereocenters. The van der Waals surface area contributed by atoms with E-state index in [2.05, 4.69) is 5.32 Å². The average molecular weight is 201 g/mol. The van der Waals surface area contributed by atoms with Crippen molar-refractivity contribution in [3.8, 4) is 0 Å². The molecule has 0 aromatic carbocycles. The molecule has 2 aliphatic rings. The molecule has 2 heterocycles. The number of rotatable bonds is 1. The van der Waals surface area contributed by atoms with Crippen molar-refractivity contribution in [3.63, 3.8) is 0 Å². The summed E-state index contributed by atoms with van der Waals surface area (Å²) < 4.78 is 0. The zero-order chi connectivity index (χ0) is 9.31. The fourth-order valence-corrected chi connectivity index (χ4v) is 3.76. The van der Waals surface area contributed by atoms with Crippen molar-refractivity contribution in [3.05, 3.63) is 0 Å². The lowest BCUT2D eigenvalue weighted by Gasteiger charge is -2.35. The summed E-state index contributed by atoms with van der Waals surface area (Å²) in [4.78, 5) is 11.0. The molecule has 2 aliphatic heterocycles. The van der Waals surface area contributed by atoms with Gasteiger partial charge in [-0.2, -0.15) is 11.8 Å². The van der Waals surface area contributed by atoms with E-state index in [9.17, 15) is 4.79 Å². The molecule has 0 amide bonds. The molecule has 2 N–H and O–H groups in total. The van der Waals surface area contributed by atoms with Gasteiger partial charge in [-0.05, 0) is 29.8 Å². The number of carbonyl (C=O) groups is 1. The van der Waals surface area contributed by atoms with Gasteiger partial charge in [-0.15, -0.1) is 0 Å². The lowest BCUT2D eigenvalue weighted by atomic mass is 9.73. The molecular weight excluding hydrogens is 186 g/mol. The molecule has 1 spiro atoms. The summed E-state index contributed by atoms with van der Waals surface area (Å²) in [5, 5.41) is 12.3. The molecule has 4 heteroatoms. The van der Waals surface area contributed by atoms with Crippen LogP contribution in [-0.4, -0.2) is 35.7 Å². The van der Waals surface area contributed by atoms with E-state index in [0.29, 0.717) is 6.54 Å². The number of carboxylic acid groups (broad SMARTS) is 1. The minimum atomic E-state index is -0.614. The first kappa shape index (κ1) is 9.34. The fraction of sp³-hybridized carbons (Fsp3) is 0.889. The molecule has 2 saturated heterocycles. The van der Waals surface area contributed by atoms with Gasteiger partial charge in [0.15, 0.2) is 0 Å². The number of nitrogens with one attached hydrogen (secondary N) is 1. The average Bonchev–Trinajstić information content (AvgIpc) is 2.50. The molecule has 1 atom stereocenters. The number of thioether (sulfide) groups is 1. The van der Waals surface area contributed by atoms with Gasteiger partial charge in [-0.3, -0.25) is 4.79 Å². The van der Waals surface area contributed by atoms with Gasteiger partial charge in [0.25, 0.3) is 0 Å². The topological polar surface area (TPSA) is 49.3 Å². The van der Waals surface area contributed by atoms with Crippen molar-refractivity contribution in [1.82, 2.24) is 5.32 Å². The molecule has 0 radical (unpaired) electrons. The van der Waals surface area contributed by atoms with Crippen molar-refractivity contribution < 1.29 is 9.90 Å². The summed E-state index contributed by atoms with van der Waals surface area (Å²) in [6.07, 6.45) is 2.14. The molecule has 3 nitrogen and oxygen atoms in total. The second kappa shape index (κ2) is 3.50. The Morgan fingerprint density at radius 1 is 1.46 bits per heavy atom. The van der Waals surface area contributed by atoms with Crippen molar-refractivity contribution in [2.45, 2.75) is 12.8 Å². The highest BCUT2D eigenvalue weighted by molar-refractivity contribution is 7.99. The van der Waals surface area contributed by atoms with Crippen LogP contribution in [0.25, 0.3) is 0 Å². The second-order valence-corrected chi connectivity index (χ2v) is 5.22. The van der Waals surface area contributed by atoms with Gasteiger partial charge >= 0.3 is 5.97 Å². The first-order valence-electron chi connectivity index (χ1n) is 4.76. The number of hydrogen-bond acceptors (Lipinski definition) is 3. The predicted molar refractivity (Wildman–Crippen MR) is 53.0 cm³/mol. The molecular formula is C9H15NO2S. The molecule has 0 aromatic rings. The monoisotopic (exact) mass is 201 g/mol. The van der Waals surface area contributed by atoms with E-state index in [1.54, 1.807) is 0 Å². The van der Waals surface area contributed by atoms with Crippen LogP contribution in [0, 0.1) is 11.3 Å². The van der Waals surface area contributed by atoms with E-state index in [-0.39, 0.29) is 11.3 Å². The van der Waals surface area contributed by atoms with E-state index >= 15 is 0 Å².